The van der Waals surface area contributed by atoms with Crippen molar-refractivity contribution in [2.45, 2.75) is 24.7 Å². The van der Waals surface area contributed by atoms with Gasteiger partial charge in [0.15, 0.2) is 0 Å². The number of nitrogens with zero attached hydrogens (tertiary/aromatic N) is 1. The van der Waals surface area contributed by atoms with E-state index in [1.54, 1.807) is 0 Å². The van der Waals surface area contributed by atoms with Gasteiger partial charge in [-0.2, -0.15) is 0 Å². The van der Waals surface area contributed by atoms with Crippen molar-refractivity contribution in [3.8, 4) is 55.8 Å². The fourth-order valence-corrected chi connectivity index (χ4v) is 9.79. The molecule has 8 aromatic rings. The maximum atomic E-state index is 5.26. The van der Waals surface area contributed by atoms with Crippen molar-refractivity contribution in [3.05, 3.63) is 197 Å². The van der Waals surface area contributed by atoms with Gasteiger partial charge in [0.2, 0.25) is 0 Å². The summed E-state index contributed by atoms with van der Waals surface area (Å²) in [5, 5.41) is 1.20. The summed E-state index contributed by atoms with van der Waals surface area (Å²) < 4.78 is 0. The highest BCUT2D eigenvalue weighted by Gasteiger charge is 2.51. The van der Waals surface area contributed by atoms with Crippen molar-refractivity contribution < 1.29 is 0 Å². The molecule has 0 atom stereocenters. The first-order valence-electron chi connectivity index (χ1n) is 17.6. The molecular formula is C49H33N. The van der Waals surface area contributed by atoms with Crippen LogP contribution in [0, 0.1) is 0 Å². The first-order chi connectivity index (χ1) is 24.6. The molecule has 3 aliphatic carbocycles. The Balaban J connectivity index is 1.10. The van der Waals surface area contributed by atoms with Crippen LogP contribution >= 0.6 is 0 Å². The van der Waals surface area contributed by atoms with Crippen molar-refractivity contribution in [2.75, 3.05) is 0 Å². The number of para-hydroxylation sites is 1. The summed E-state index contributed by atoms with van der Waals surface area (Å²) in [5.41, 5.74) is 21.4. The first-order valence-corrected chi connectivity index (χ1v) is 17.6. The third kappa shape index (κ3) is 3.39. The van der Waals surface area contributed by atoms with Crippen LogP contribution in [-0.4, -0.2) is 4.98 Å². The molecule has 1 heteroatoms. The van der Waals surface area contributed by atoms with Crippen molar-refractivity contribution in [3.63, 3.8) is 0 Å². The number of aromatic nitrogens is 1. The summed E-state index contributed by atoms with van der Waals surface area (Å²) in [6.45, 7) is 4.70. The van der Waals surface area contributed by atoms with E-state index in [0.29, 0.717) is 0 Å². The second-order valence-corrected chi connectivity index (χ2v) is 14.6. The number of rotatable bonds is 2. The Kier molecular flexibility index (Phi) is 5.44. The van der Waals surface area contributed by atoms with Crippen LogP contribution in [0.4, 0.5) is 0 Å². The van der Waals surface area contributed by atoms with Gasteiger partial charge < -0.3 is 0 Å². The summed E-state index contributed by atoms with van der Waals surface area (Å²) in [5.74, 6) is 0. The Bertz CT molecular complexity index is 2660. The maximum Gasteiger partial charge on any atom is 0.0759 e. The molecule has 0 bridgehead atoms. The molecule has 234 valence electrons. The van der Waals surface area contributed by atoms with Crippen LogP contribution in [0.15, 0.2) is 164 Å². The predicted octanol–water partition coefficient (Wildman–Crippen LogP) is 12.2. The van der Waals surface area contributed by atoms with Gasteiger partial charge in [-0.05, 0) is 90.0 Å². The number of hydrogen-bond acceptors (Lipinski definition) is 1. The van der Waals surface area contributed by atoms with Crippen molar-refractivity contribution in [2.24, 2.45) is 0 Å². The Labute approximate surface area is 292 Å². The normalized spacial score (nSPS) is 14.9. The molecule has 0 fully saturated rings. The van der Waals surface area contributed by atoms with Gasteiger partial charge in [0.1, 0.15) is 0 Å². The van der Waals surface area contributed by atoms with E-state index in [1.807, 2.05) is 0 Å². The van der Waals surface area contributed by atoms with E-state index in [4.69, 9.17) is 4.98 Å². The van der Waals surface area contributed by atoms with Gasteiger partial charge >= 0.3 is 0 Å². The van der Waals surface area contributed by atoms with E-state index >= 15 is 0 Å². The molecule has 0 unspecified atom stereocenters. The summed E-state index contributed by atoms with van der Waals surface area (Å²) in [7, 11) is 0. The molecule has 1 heterocycles. The monoisotopic (exact) mass is 635 g/mol. The first kappa shape index (κ1) is 27.9. The summed E-state index contributed by atoms with van der Waals surface area (Å²) in [4.78, 5) is 5.26. The molecule has 1 aromatic heterocycles. The number of pyridine rings is 1. The van der Waals surface area contributed by atoms with E-state index in [-0.39, 0.29) is 10.8 Å². The second-order valence-electron chi connectivity index (χ2n) is 14.6. The molecular weight excluding hydrogens is 603 g/mol. The molecule has 7 aromatic carbocycles. The van der Waals surface area contributed by atoms with E-state index in [1.165, 1.54) is 88.8 Å². The van der Waals surface area contributed by atoms with E-state index in [0.717, 1.165) is 11.2 Å². The highest BCUT2D eigenvalue weighted by atomic mass is 14.7. The van der Waals surface area contributed by atoms with E-state index in [2.05, 4.69) is 178 Å². The Morgan fingerprint density at radius 3 is 1.52 bits per heavy atom. The molecule has 50 heavy (non-hydrogen) atoms. The van der Waals surface area contributed by atoms with Gasteiger partial charge in [-0.1, -0.05) is 166 Å². The van der Waals surface area contributed by atoms with Crippen LogP contribution < -0.4 is 0 Å². The molecule has 0 amide bonds. The Hall–Kier alpha value is -6.05. The van der Waals surface area contributed by atoms with Crippen molar-refractivity contribution in [1.29, 1.82) is 0 Å². The van der Waals surface area contributed by atoms with E-state index < -0.39 is 0 Å². The zero-order valence-corrected chi connectivity index (χ0v) is 28.0. The lowest BCUT2D eigenvalue weighted by atomic mass is 9.70. The molecule has 0 saturated heterocycles. The third-order valence-electron chi connectivity index (χ3n) is 11.9. The molecule has 3 aliphatic rings. The molecule has 1 spiro atoms. The van der Waals surface area contributed by atoms with Gasteiger partial charge in [0.05, 0.1) is 16.6 Å². The van der Waals surface area contributed by atoms with Gasteiger partial charge in [0, 0.05) is 16.4 Å². The zero-order chi connectivity index (χ0) is 33.2. The quantitative estimate of drug-likeness (QED) is 0.184. The van der Waals surface area contributed by atoms with Gasteiger partial charge in [-0.25, -0.2) is 4.98 Å². The lowest BCUT2D eigenvalue weighted by molar-refractivity contribution is 0.662. The van der Waals surface area contributed by atoms with Crippen LogP contribution in [0.1, 0.15) is 47.2 Å². The van der Waals surface area contributed by atoms with Crippen LogP contribution in [-0.2, 0) is 10.8 Å². The van der Waals surface area contributed by atoms with Gasteiger partial charge in [-0.15, -0.1) is 0 Å². The lowest BCUT2D eigenvalue weighted by Gasteiger charge is -2.30. The van der Waals surface area contributed by atoms with Crippen molar-refractivity contribution in [1.82, 2.24) is 4.98 Å². The average molecular weight is 636 g/mol. The topological polar surface area (TPSA) is 12.9 Å². The van der Waals surface area contributed by atoms with Crippen molar-refractivity contribution >= 4 is 10.9 Å². The smallest absolute Gasteiger partial charge is 0.0759 e. The van der Waals surface area contributed by atoms with Crippen LogP contribution in [0.3, 0.4) is 0 Å². The SMILES string of the molecule is CC1(C)c2ccccc2-c2nc3ccccc3c(-c3ccc(-c4ccc5c(c4)C4(c6ccccc6-c6ccccc64)c4ccccc4-5)cc3)c21. The predicted molar refractivity (Wildman–Crippen MR) is 206 cm³/mol. The van der Waals surface area contributed by atoms with Crippen LogP contribution in [0.5, 0.6) is 0 Å². The second kappa shape index (κ2) is 9.77. The number of benzene rings is 7. The molecule has 0 saturated carbocycles. The Morgan fingerprint density at radius 2 is 0.880 bits per heavy atom. The number of hydrogen-bond donors (Lipinski definition) is 0. The third-order valence-corrected chi connectivity index (χ3v) is 11.9. The summed E-state index contributed by atoms with van der Waals surface area (Å²) in [6.07, 6.45) is 0. The van der Waals surface area contributed by atoms with Crippen LogP contribution in [0.2, 0.25) is 0 Å². The van der Waals surface area contributed by atoms with E-state index in [9.17, 15) is 0 Å². The lowest BCUT2D eigenvalue weighted by Crippen LogP contribution is -2.25. The molecule has 0 N–H and O–H groups in total. The maximum absolute atomic E-state index is 5.26. The molecule has 0 radical (unpaired) electrons. The number of fused-ring (bicyclic) bond motifs is 14. The standard InChI is InChI=1S/C49H33N/c1-48(2)39-18-8-6-16-37(39)47-46(48)45(38-17-7-12-22-44(38)50-47)31-25-23-30(24-26-31)32-27-28-36-35-15-5-11-21-42(35)49(43(36)29-32)40-19-9-3-13-33(40)34-14-4-10-20-41(34)49/h3-29H,1-2H3. The minimum atomic E-state index is -0.341. The minimum absolute atomic E-state index is 0.159. The minimum Gasteiger partial charge on any atom is -0.247 e. The molecule has 11 rings (SSSR count). The average Bonchev–Trinajstić information content (AvgIpc) is 3.73. The molecule has 0 aliphatic heterocycles. The largest absolute Gasteiger partial charge is 0.247 e. The van der Waals surface area contributed by atoms with Gasteiger partial charge in [0.25, 0.3) is 0 Å². The zero-order valence-electron chi connectivity index (χ0n) is 28.0. The highest BCUT2D eigenvalue weighted by Crippen LogP contribution is 2.63. The highest BCUT2D eigenvalue weighted by molar-refractivity contribution is 6.02. The Morgan fingerprint density at radius 1 is 0.400 bits per heavy atom. The fourth-order valence-electron chi connectivity index (χ4n) is 9.79. The molecule has 1 nitrogen and oxygen atoms in total. The summed E-state index contributed by atoms with van der Waals surface area (Å²) in [6, 6.07) is 60.9. The summed E-state index contributed by atoms with van der Waals surface area (Å²) >= 11 is 0. The fraction of sp³-hybridized carbons (Fsp3) is 0.0816. The van der Waals surface area contributed by atoms with Gasteiger partial charge in [-0.3, -0.25) is 0 Å². The van der Waals surface area contributed by atoms with Crippen LogP contribution in [0.25, 0.3) is 66.7 Å².